The van der Waals surface area contributed by atoms with Crippen molar-refractivity contribution in [3.8, 4) is 0 Å². The van der Waals surface area contributed by atoms with Crippen LogP contribution in [-0.2, 0) is 9.84 Å². The maximum atomic E-state index is 11.4. The van der Waals surface area contributed by atoms with Gasteiger partial charge >= 0.3 is 0 Å². The van der Waals surface area contributed by atoms with Gasteiger partial charge in [0, 0.05) is 19.3 Å². The van der Waals surface area contributed by atoms with E-state index >= 15 is 0 Å². The molecule has 1 aromatic rings. The van der Waals surface area contributed by atoms with Crippen LogP contribution < -0.4 is 10.6 Å². The molecule has 1 aromatic heterocycles. The highest BCUT2D eigenvalue weighted by Crippen LogP contribution is 2.21. The molecule has 1 fully saturated rings. The predicted molar refractivity (Wildman–Crippen MR) is 61.9 cm³/mol. The Labute approximate surface area is 94.4 Å². The van der Waals surface area contributed by atoms with E-state index in [2.05, 4.69) is 9.97 Å². The summed E-state index contributed by atoms with van der Waals surface area (Å²) in [5.41, 5.74) is 5.48. The Morgan fingerprint density at radius 3 is 2.88 bits per heavy atom. The van der Waals surface area contributed by atoms with Gasteiger partial charge in [-0.25, -0.2) is 13.4 Å². The van der Waals surface area contributed by atoms with Crippen LogP contribution >= 0.6 is 0 Å². The molecule has 1 atom stereocenters. The lowest BCUT2D eigenvalue weighted by molar-refractivity contribution is 0.600. The van der Waals surface area contributed by atoms with E-state index < -0.39 is 9.84 Å². The smallest absolute Gasteiger partial charge is 0.221 e. The third kappa shape index (κ3) is 2.24. The molecule has 1 aliphatic rings. The molecular formula is C9H14N4O2S. The molecular weight excluding hydrogens is 228 g/mol. The van der Waals surface area contributed by atoms with Crippen molar-refractivity contribution in [3.05, 3.63) is 12.3 Å². The monoisotopic (exact) mass is 242 g/mol. The zero-order valence-electron chi connectivity index (χ0n) is 9.00. The standard InChI is InChI=1S/C9H14N4O2S/c1-13(7-3-5-16(14,15)6-7)8-2-4-11-9(10)12-8/h2,4,7H,3,5-6H2,1H3,(H2,10,11,12). The average Bonchev–Trinajstić information content (AvgIpc) is 2.58. The third-order valence-corrected chi connectivity index (χ3v) is 4.53. The molecule has 1 aliphatic heterocycles. The van der Waals surface area contributed by atoms with Gasteiger partial charge in [-0.05, 0) is 12.5 Å². The highest BCUT2D eigenvalue weighted by molar-refractivity contribution is 7.91. The fourth-order valence-electron chi connectivity index (χ4n) is 1.83. The molecule has 2 rings (SSSR count). The largest absolute Gasteiger partial charge is 0.368 e. The summed E-state index contributed by atoms with van der Waals surface area (Å²) in [6.07, 6.45) is 2.21. The molecule has 6 nitrogen and oxygen atoms in total. The molecule has 0 aliphatic carbocycles. The number of hydrogen-bond donors (Lipinski definition) is 1. The van der Waals surface area contributed by atoms with Crippen LogP contribution in [0.3, 0.4) is 0 Å². The van der Waals surface area contributed by atoms with E-state index in [4.69, 9.17) is 5.73 Å². The molecule has 88 valence electrons. The molecule has 0 radical (unpaired) electrons. The van der Waals surface area contributed by atoms with Crippen LogP contribution in [0.15, 0.2) is 12.3 Å². The maximum absolute atomic E-state index is 11.4. The van der Waals surface area contributed by atoms with E-state index in [0.717, 1.165) is 0 Å². The maximum Gasteiger partial charge on any atom is 0.221 e. The van der Waals surface area contributed by atoms with Crippen molar-refractivity contribution >= 4 is 21.6 Å². The summed E-state index contributed by atoms with van der Waals surface area (Å²) in [5, 5.41) is 0. The number of nitrogen functional groups attached to an aromatic ring is 1. The van der Waals surface area contributed by atoms with E-state index in [0.29, 0.717) is 12.2 Å². The first kappa shape index (κ1) is 11.1. The Bertz CT molecular complexity index is 488. The number of anilines is 2. The van der Waals surface area contributed by atoms with Gasteiger partial charge in [0.2, 0.25) is 5.95 Å². The van der Waals surface area contributed by atoms with Crippen LogP contribution in [0.1, 0.15) is 6.42 Å². The van der Waals surface area contributed by atoms with Crippen molar-refractivity contribution in [1.29, 1.82) is 0 Å². The van der Waals surface area contributed by atoms with Crippen molar-refractivity contribution in [2.75, 3.05) is 29.2 Å². The summed E-state index contributed by atoms with van der Waals surface area (Å²) in [6.45, 7) is 0. The zero-order chi connectivity index (χ0) is 11.8. The first-order valence-electron chi connectivity index (χ1n) is 5.00. The highest BCUT2D eigenvalue weighted by Gasteiger charge is 2.31. The Morgan fingerprint density at radius 2 is 2.31 bits per heavy atom. The van der Waals surface area contributed by atoms with Gasteiger partial charge in [0.1, 0.15) is 5.82 Å². The second-order valence-corrected chi connectivity index (χ2v) is 6.17. The molecule has 0 amide bonds. The van der Waals surface area contributed by atoms with Crippen molar-refractivity contribution < 1.29 is 8.42 Å². The van der Waals surface area contributed by atoms with Gasteiger partial charge in [-0.3, -0.25) is 0 Å². The Kier molecular flexibility index (Phi) is 2.71. The quantitative estimate of drug-likeness (QED) is 0.764. The Hall–Kier alpha value is -1.37. The molecule has 0 bridgehead atoms. The lowest BCUT2D eigenvalue weighted by Crippen LogP contribution is -2.33. The van der Waals surface area contributed by atoms with Crippen LogP contribution in [-0.4, -0.2) is 43.0 Å². The molecule has 0 saturated carbocycles. The van der Waals surface area contributed by atoms with Crippen molar-refractivity contribution in [1.82, 2.24) is 9.97 Å². The van der Waals surface area contributed by atoms with E-state index in [1.54, 1.807) is 12.3 Å². The van der Waals surface area contributed by atoms with Gasteiger partial charge in [-0.2, -0.15) is 4.98 Å². The van der Waals surface area contributed by atoms with Crippen LogP contribution in [0, 0.1) is 0 Å². The average molecular weight is 242 g/mol. The van der Waals surface area contributed by atoms with Crippen LogP contribution in [0.25, 0.3) is 0 Å². The Balaban J connectivity index is 2.17. The number of nitrogens with two attached hydrogens (primary N) is 1. The van der Waals surface area contributed by atoms with Gasteiger partial charge in [-0.15, -0.1) is 0 Å². The SMILES string of the molecule is CN(c1ccnc(N)n1)C1CCS(=O)(=O)C1. The minimum atomic E-state index is -2.87. The van der Waals surface area contributed by atoms with Crippen molar-refractivity contribution in [3.63, 3.8) is 0 Å². The highest BCUT2D eigenvalue weighted by atomic mass is 32.2. The van der Waals surface area contributed by atoms with Gasteiger partial charge in [0.25, 0.3) is 0 Å². The fraction of sp³-hybridized carbons (Fsp3) is 0.556. The summed E-state index contributed by atoms with van der Waals surface area (Å²) >= 11 is 0. The number of rotatable bonds is 2. The molecule has 1 unspecified atom stereocenters. The molecule has 1 saturated heterocycles. The van der Waals surface area contributed by atoms with E-state index in [-0.39, 0.29) is 23.5 Å². The molecule has 16 heavy (non-hydrogen) atoms. The fourth-order valence-corrected chi connectivity index (χ4v) is 3.60. The van der Waals surface area contributed by atoms with Crippen LogP contribution in [0.5, 0.6) is 0 Å². The minimum Gasteiger partial charge on any atom is -0.368 e. The van der Waals surface area contributed by atoms with Gasteiger partial charge < -0.3 is 10.6 Å². The third-order valence-electron chi connectivity index (χ3n) is 2.78. The van der Waals surface area contributed by atoms with E-state index in [9.17, 15) is 8.42 Å². The van der Waals surface area contributed by atoms with Gasteiger partial charge in [0.05, 0.1) is 11.5 Å². The van der Waals surface area contributed by atoms with Gasteiger partial charge in [-0.1, -0.05) is 0 Å². The molecule has 0 aromatic carbocycles. The summed E-state index contributed by atoms with van der Waals surface area (Å²) in [7, 11) is -1.05. The summed E-state index contributed by atoms with van der Waals surface area (Å²) in [4.78, 5) is 9.71. The zero-order valence-corrected chi connectivity index (χ0v) is 9.81. The lowest BCUT2D eigenvalue weighted by Gasteiger charge is -2.24. The minimum absolute atomic E-state index is 0.0145. The molecule has 7 heteroatoms. The van der Waals surface area contributed by atoms with Crippen molar-refractivity contribution in [2.45, 2.75) is 12.5 Å². The number of hydrogen-bond acceptors (Lipinski definition) is 6. The first-order valence-corrected chi connectivity index (χ1v) is 6.82. The normalized spacial score (nSPS) is 23.2. The predicted octanol–water partition coefficient (Wildman–Crippen LogP) is -0.318. The Morgan fingerprint density at radius 1 is 1.56 bits per heavy atom. The number of nitrogens with zero attached hydrogens (tertiary/aromatic N) is 3. The summed E-state index contributed by atoms with van der Waals surface area (Å²) in [5.74, 6) is 1.30. The van der Waals surface area contributed by atoms with Gasteiger partial charge in [0.15, 0.2) is 9.84 Å². The first-order chi connectivity index (χ1) is 7.48. The number of sulfone groups is 1. The lowest BCUT2D eigenvalue weighted by atomic mass is 10.2. The van der Waals surface area contributed by atoms with E-state index in [1.165, 1.54) is 0 Å². The van der Waals surface area contributed by atoms with Crippen molar-refractivity contribution in [2.24, 2.45) is 0 Å². The molecule has 2 N–H and O–H groups in total. The second kappa shape index (κ2) is 3.89. The van der Waals surface area contributed by atoms with Crippen LogP contribution in [0.2, 0.25) is 0 Å². The molecule has 0 spiro atoms. The summed E-state index contributed by atoms with van der Waals surface area (Å²) < 4.78 is 22.7. The van der Waals surface area contributed by atoms with Crippen LogP contribution in [0.4, 0.5) is 11.8 Å². The number of aromatic nitrogens is 2. The summed E-state index contributed by atoms with van der Waals surface area (Å²) in [6, 6.07) is 1.71. The van der Waals surface area contributed by atoms with E-state index in [1.807, 2.05) is 11.9 Å². The topological polar surface area (TPSA) is 89.2 Å². The second-order valence-electron chi connectivity index (χ2n) is 3.94. The molecule has 2 heterocycles.